The van der Waals surface area contributed by atoms with E-state index in [2.05, 4.69) is 25.3 Å². The molecule has 0 bridgehead atoms. The number of rotatable bonds is 4. The van der Waals surface area contributed by atoms with Crippen LogP contribution in [0.5, 0.6) is 5.75 Å². The summed E-state index contributed by atoms with van der Waals surface area (Å²) in [5, 5.41) is 17.2. The summed E-state index contributed by atoms with van der Waals surface area (Å²) in [4.78, 5) is 4.83. The van der Waals surface area contributed by atoms with Crippen molar-refractivity contribution in [3.05, 3.63) is 29.8 Å². The first-order valence-corrected chi connectivity index (χ1v) is 12.8. The van der Waals surface area contributed by atoms with E-state index in [1.54, 1.807) is 10.6 Å². The lowest BCUT2D eigenvalue weighted by atomic mass is 9.97. The largest absolute Gasteiger partial charge is 0.486 e. The molecule has 2 aliphatic heterocycles. The van der Waals surface area contributed by atoms with Crippen molar-refractivity contribution < 1.29 is 17.9 Å². The molecule has 4 aromatic rings. The van der Waals surface area contributed by atoms with Gasteiger partial charge in [0.15, 0.2) is 17.4 Å². The number of hydrogen-bond donors (Lipinski definition) is 1. The molecule has 1 N–H and O–H groups in total. The number of piperidine rings is 1. The SMILES string of the molecule is CN(CC1CCNCC1)c1nn2c(-c3cc4c(C(F)(F)F)cccc4s3)nnc2c2c1N(C)CCO2. The third-order valence-electron chi connectivity index (χ3n) is 6.96. The highest BCUT2D eigenvalue weighted by Gasteiger charge is 2.34. The second kappa shape index (κ2) is 8.77. The van der Waals surface area contributed by atoms with Crippen LogP contribution in [0.1, 0.15) is 18.4 Å². The zero-order chi connectivity index (χ0) is 25.0. The molecule has 0 amide bonds. The Morgan fingerprint density at radius 2 is 2.03 bits per heavy atom. The molecule has 0 radical (unpaired) electrons. The fraction of sp³-hybridized carbons (Fsp3) is 0.458. The normalized spacial score (nSPS) is 17.0. The number of benzene rings is 1. The van der Waals surface area contributed by atoms with E-state index in [4.69, 9.17) is 9.84 Å². The van der Waals surface area contributed by atoms with Crippen LogP contribution in [0, 0.1) is 5.92 Å². The van der Waals surface area contributed by atoms with Gasteiger partial charge in [-0.25, -0.2) is 0 Å². The Hall–Kier alpha value is -3.12. The van der Waals surface area contributed by atoms with Crippen LogP contribution in [-0.4, -0.2) is 66.7 Å². The quantitative estimate of drug-likeness (QED) is 0.433. The summed E-state index contributed by atoms with van der Waals surface area (Å²) in [6.45, 7) is 4.08. The zero-order valence-corrected chi connectivity index (χ0v) is 20.8. The summed E-state index contributed by atoms with van der Waals surface area (Å²) in [6.07, 6.45) is -2.24. The molecular weight excluding hydrogens is 491 g/mol. The number of aromatic nitrogens is 4. The van der Waals surface area contributed by atoms with Gasteiger partial charge in [0, 0.05) is 30.7 Å². The minimum Gasteiger partial charge on any atom is -0.486 e. The van der Waals surface area contributed by atoms with Crippen LogP contribution < -0.4 is 19.9 Å². The molecule has 12 heteroatoms. The van der Waals surface area contributed by atoms with Crippen molar-refractivity contribution in [1.29, 1.82) is 0 Å². The minimum absolute atomic E-state index is 0.152. The van der Waals surface area contributed by atoms with Gasteiger partial charge in [0.1, 0.15) is 12.3 Å². The number of anilines is 2. The second-order valence-corrected chi connectivity index (χ2v) is 10.5. The summed E-state index contributed by atoms with van der Waals surface area (Å²) < 4.78 is 49.1. The van der Waals surface area contributed by atoms with Crippen molar-refractivity contribution in [2.75, 3.05) is 56.7 Å². The maximum atomic E-state index is 13.6. The first kappa shape index (κ1) is 23.3. The number of alkyl halides is 3. The zero-order valence-electron chi connectivity index (χ0n) is 20.0. The van der Waals surface area contributed by atoms with Gasteiger partial charge in [0.25, 0.3) is 0 Å². The molecule has 8 nitrogen and oxygen atoms in total. The average molecular weight is 518 g/mol. The highest BCUT2D eigenvalue weighted by Crippen LogP contribution is 2.44. The smallest absolute Gasteiger partial charge is 0.417 e. The fourth-order valence-electron chi connectivity index (χ4n) is 5.11. The second-order valence-electron chi connectivity index (χ2n) is 9.43. The van der Waals surface area contributed by atoms with E-state index < -0.39 is 11.7 Å². The van der Waals surface area contributed by atoms with Gasteiger partial charge in [0.05, 0.1) is 17.0 Å². The van der Waals surface area contributed by atoms with Crippen molar-refractivity contribution in [2.24, 2.45) is 5.92 Å². The Balaban J connectivity index is 1.49. The fourth-order valence-corrected chi connectivity index (χ4v) is 6.16. The van der Waals surface area contributed by atoms with Crippen LogP contribution in [0.2, 0.25) is 0 Å². The first-order valence-electron chi connectivity index (χ1n) is 12.0. The minimum atomic E-state index is -4.44. The number of nitrogens with zero attached hydrogens (tertiary/aromatic N) is 6. The molecule has 0 unspecified atom stereocenters. The molecule has 1 fully saturated rings. The van der Waals surface area contributed by atoms with Gasteiger partial charge in [-0.2, -0.15) is 17.7 Å². The lowest BCUT2D eigenvalue weighted by Crippen LogP contribution is -2.37. The molecule has 2 aliphatic rings. The first-order chi connectivity index (χ1) is 17.3. The molecule has 5 heterocycles. The van der Waals surface area contributed by atoms with Gasteiger partial charge >= 0.3 is 6.18 Å². The van der Waals surface area contributed by atoms with Gasteiger partial charge in [-0.15, -0.1) is 26.6 Å². The third-order valence-corrected chi connectivity index (χ3v) is 8.06. The lowest BCUT2D eigenvalue weighted by Gasteiger charge is -2.34. The number of likely N-dealkylation sites (N-methyl/N-ethyl adjacent to an activating group) is 1. The number of hydrogen-bond acceptors (Lipinski definition) is 8. The van der Waals surface area contributed by atoms with E-state index in [1.807, 2.05) is 14.1 Å². The Morgan fingerprint density at radius 3 is 2.81 bits per heavy atom. The Morgan fingerprint density at radius 1 is 1.22 bits per heavy atom. The Kier molecular flexibility index (Phi) is 5.67. The number of thiophene rings is 1. The number of halogens is 3. The molecule has 0 saturated carbocycles. The summed E-state index contributed by atoms with van der Waals surface area (Å²) >= 11 is 1.25. The lowest BCUT2D eigenvalue weighted by molar-refractivity contribution is -0.136. The molecule has 0 atom stereocenters. The molecule has 36 heavy (non-hydrogen) atoms. The highest BCUT2D eigenvalue weighted by molar-refractivity contribution is 7.22. The van der Waals surface area contributed by atoms with Crippen molar-refractivity contribution in [2.45, 2.75) is 19.0 Å². The van der Waals surface area contributed by atoms with Gasteiger partial charge in [-0.3, -0.25) is 0 Å². The van der Waals surface area contributed by atoms with E-state index >= 15 is 0 Å². The Labute approximate surface area is 209 Å². The molecule has 1 saturated heterocycles. The van der Waals surface area contributed by atoms with Crippen molar-refractivity contribution in [3.8, 4) is 16.5 Å². The van der Waals surface area contributed by atoms with Gasteiger partial charge in [0.2, 0.25) is 5.65 Å². The van der Waals surface area contributed by atoms with E-state index in [0.29, 0.717) is 39.3 Å². The Bertz CT molecular complexity index is 1430. The van der Waals surface area contributed by atoms with E-state index in [1.165, 1.54) is 23.5 Å². The van der Waals surface area contributed by atoms with Gasteiger partial charge in [-0.05, 0) is 50.0 Å². The third kappa shape index (κ3) is 3.92. The summed E-state index contributed by atoms with van der Waals surface area (Å²) in [7, 11) is 4.03. The van der Waals surface area contributed by atoms with E-state index in [0.717, 1.165) is 56.6 Å². The van der Waals surface area contributed by atoms with Crippen LogP contribution in [0.3, 0.4) is 0 Å². The average Bonchev–Trinajstić information content (AvgIpc) is 3.47. The predicted molar refractivity (Wildman–Crippen MR) is 134 cm³/mol. The molecule has 0 aliphatic carbocycles. The molecular formula is C24H26F3N7OS. The van der Waals surface area contributed by atoms with Gasteiger partial charge in [-0.1, -0.05) is 6.07 Å². The van der Waals surface area contributed by atoms with Gasteiger partial charge < -0.3 is 19.9 Å². The van der Waals surface area contributed by atoms with Crippen molar-refractivity contribution in [1.82, 2.24) is 25.1 Å². The van der Waals surface area contributed by atoms with E-state index in [9.17, 15) is 13.2 Å². The predicted octanol–water partition coefficient (Wildman–Crippen LogP) is 4.29. The van der Waals surface area contributed by atoms with E-state index in [-0.39, 0.29) is 5.39 Å². The van der Waals surface area contributed by atoms with Crippen LogP contribution in [0.15, 0.2) is 24.3 Å². The topological polar surface area (TPSA) is 70.8 Å². The van der Waals surface area contributed by atoms with Crippen LogP contribution in [0.25, 0.3) is 26.4 Å². The van der Waals surface area contributed by atoms with Crippen molar-refractivity contribution >= 4 is 38.6 Å². The van der Waals surface area contributed by atoms with Crippen LogP contribution >= 0.6 is 11.3 Å². The standard InChI is InChI=1S/C24H26F3N7OS/c1-32-10-11-35-20-19(32)22(33(2)13-14-6-8-28-9-7-14)31-34-21(29-30-23(20)34)18-12-15-16(24(25,26)27)4-3-5-17(15)36-18/h3-5,12,14,28H,6-11,13H2,1-2H3. The molecule has 190 valence electrons. The number of fused-ring (bicyclic) bond motifs is 4. The maximum Gasteiger partial charge on any atom is 0.417 e. The number of ether oxygens (including phenoxy) is 1. The van der Waals surface area contributed by atoms with Crippen LogP contribution in [-0.2, 0) is 6.18 Å². The van der Waals surface area contributed by atoms with Crippen molar-refractivity contribution in [3.63, 3.8) is 0 Å². The number of nitrogens with one attached hydrogen (secondary N) is 1. The van der Waals surface area contributed by atoms with Crippen LogP contribution in [0.4, 0.5) is 24.7 Å². The molecule has 0 spiro atoms. The monoisotopic (exact) mass is 517 g/mol. The molecule has 1 aromatic carbocycles. The molecule has 3 aromatic heterocycles. The maximum absolute atomic E-state index is 13.6. The highest BCUT2D eigenvalue weighted by atomic mass is 32.1. The molecule has 6 rings (SSSR count). The summed E-state index contributed by atoms with van der Waals surface area (Å²) in [5.41, 5.74) is 0.660. The summed E-state index contributed by atoms with van der Waals surface area (Å²) in [6, 6.07) is 5.76. The summed E-state index contributed by atoms with van der Waals surface area (Å²) in [5.74, 6) is 2.29.